The van der Waals surface area contributed by atoms with Crippen LogP contribution in [0.4, 0.5) is 0 Å². The molecule has 1 saturated carbocycles. The number of carboxylic acids is 1. The molecule has 0 heterocycles. The standard InChI is InChI=1S/C16H19ClO3/c1-11-2-6-14(7-3-11)20-15-8-5-13(17)10-12(15)4-9-16(18)19/h4-5,8-11,14H,2-3,6-7H2,1H3,(H,18,19). The summed E-state index contributed by atoms with van der Waals surface area (Å²) in [6, 6.07) is 5.30. The summed E-state index contributed by atoms with van der Waals surface area (Å²) in [4.78, 5) is 10.6. The molecule has 0 atom stereocenters. The summed E-state index contributed by atoms with van der Waals surface area (Å²) in [5.74, 6) is 0.486. The number of rotatable bonds is 4. The van der Waals surface area contributed by atoms with E-state index in [9.17, 15) is 4.79 Å². The zero-order valence-electron chi connectivity index (χ0n) is 11.5. The van der Waals surface area contributed by atoms with Gasteiger partial charge >= 0.3 is 5.97 Å². The number of halogens is 1. The minimum Gasteiger partial charge on any atom is -0.490 e. The molecule has 0 radical (unpaired) electrons. The van der Waals surface area contributed by atoms with Gasteiger partial charge in [0.15, 0.2) is 0 Å². The first-order valence-electron chi connectivity index (χ1n) is 6.92. The van der Waals surface area contributed by atoms with E-state index in [0.717, 1.165) is 24.8 Å². The fourth-order valence-corrected chi connectivity index (χ4v) is 2.63. The molecule has 1 N–H and O–H groups in total. The van der Waals surface area contributed by atoms with Gasteiger partial charge in [-0.25, -0.2) is 4.79 Å². The molecule has 0 amide bonds. The van der Waals surface area contributed by atoms with E-state index in [2.05, 4.69) is 6.92 Å². The summed E-state index contributed by atoms with van der Waals surface area (Å²) in [6.45, 7) is 2.26. The van der Waals surface area contributed by atoms with Crippen LogP contribution >= 0.6 is 11.6 Å². The minimum atomic E-state index is -0.984. The molecule has 2 rings (SSSR count). The lowest BCUT2D eigenvalue weighted by atomic mass is 9.89. The first-order chi connectivity index (χ1) is 9.54. The van der Waals surface area contributed by atoms with Crippen molar-refractivity contribution in [3.8, 4) is 5.75 Å². The van der Waals surface area contributed by atoms with Gasteiger partial charge in [-0.2, -0.15) is 0 Å². The highest BCUT2D eigenvalue weighted by Gasteiger charge is 2.20. The molecule has 108 valence electrons. The second kappa shape index (κ2) is 6.80. The van der Waals surface area contributed by atoms with Gasteiger partial charge in [-0.3, -0.25) is 0 Å². The largest absolute Gasteiger partial charge is 0.490 e. The Hall–Kier alpha value is -1.48. The maximum Gasteiger partial charge on any atom is 0.328 e. The van der Waals surface area contributed by atoms with Gasteiger partial charge in [0, 0.05) is 16.7 Å². The van der Waals surface area contributed by atoms with Gasteiger partial charge in [-0.1, -0.05) is 18.5 Å². The second-order valence-corrected chi connectivity index (χ2v) is 5.79. The van der Waals surface area contributed by atoms with Gasteiger partial charge in [-0.15, -0.1) is 0 Å². The average molecular weight is 295 g/mol. The number of carbonyl (C=O) groups is 1. The van der Waals surface area contributed by atoms with Crippen LogP contribution in [0.1, 0.15) is 38.2 Å². The molecule has 0 saturated heterocycles. The molecule has 0 unspecified atom stereocenters. The van der Waals surface area contributed by atoms with E-state index in [-0.39, 0.29) is 6.10 Å². The summed E-state index contributed by atoms with van der Waals surface area (Å²) in [7, 11) is 0. The predicted molar refractivity (Wildman–Crippen MR) is 80.2 cm³/mol. The van der Waals surface area contributed by atoms with E-state index in [1.54, 1.807) is 12.1 Å². The third-order valence-corrected chi connectivity index (χ3v) is 3.87. The Morgan fingerprint density at radius 3 is 2.70 bits per heavy atom. The molecule has 20 heavy (non-hydrogen) atoms. The monoisotopic (exact) mass is 294 g/mol. The van der Waals surface area contributed by atoms with Gasteiger partial charge < -0.3 is 9.84 Å². The molecule has 1 aromatic rings. The smallest absolute Gasteiger partial charge is 0.328 e. The Balaban J connectivity index is 2.12. The van der Waals surface area contributed by atoms with Gasteiger partial charge in [0.1, 0.15) is 5.75 Å². The Labute approximate surface area is 124 Å². The van der Waals surface area contributed by atoms with Crippen LogP contribution in [0.15, 0.2) is 24.3 Å². The Kier molecular flexibility index (Phi) is 5.07. The Morgan fingerprint density at radius 1 is 1.35 bits per heavy atom. The van der Waals surface area contributed by atoms with Gasteiger partial charge in [0.05, 0.1) is 6.10 Å². The van der Waals surface area contributed by atoms with Crippen molar-refractivity contribution in [2.24, 2.45) is 5.92 Å². The predicted octanol–water partition coefficient (Wildman–Crippen LogP) is 4.40. The lowest BCUT2D eigenvalue weighted by molar-refractivity contribution is -0.131. The topological polar surface area (TPSA) is 46.5 Å². The van der Waals surface area contributed by atoms with E-state index in [1.165, 1.54) is 18.9 Å². The summed E-state index contributed by atoms with van der Waals surface area (Å²) < 4.78 is 6.02. The molecule has 1 aromatic carbocycles. The van der Waals surface area contributed by atoms with Crippen LogP contribution in [-0.4, -0.2) is 17.2 Å². The van der Waals surface area contributed by atoms with Crippen LogP contribution in [0.5, 0.6) is 5.75 Å². The zero-order valence-corrected chi connectivity index (χ0v) is 12.3. The summed E-state index contributed by atoms with van der Waals surface area (Å²) in [5.41, 5.74) is 0.707. The molecule has 0 aromatic heterocycles. The summed E-state index contributed by atoms with van der Waals surface area (Å²) in [6.07, 6.45) is 7.29. The number of hydrogen-bond acceptors (Lipinski definition) is 2. The number of carboxylic acid groups (broad SMARTS) is 1. The molecule has 0 spiro atoms. The van der Waals surface area contributed by atoms with Crippen LogP contribution < -0.4 is 4.74 Å². The van der Waals surface area contributed by atoms with Crippen molar-refractivity contribution >= 4 is 23.6 Å². The molecule has 1 aliphatic carbocycles. The van der Waals surface area contributed by atoms with Crippen molar-refractivity contribution in [2.45, 2.75) is 38.7 Å². The van der Waals surface area contributed by atoms with Crippen molar-refractivity contribution in [1.29, 1.82) is 0 Å². The SMILES string of the molecule is CC1CCC(Oc2ccc(Cl)cc2C=CC(=O)O)CC1. The first kappa shape index (κ1) is 14.9. The van der Waals surface area contributed by atoms with Crippen molar-refractivity contribution in [3.05, 3.63) is 34.9 Å². The van der Waals surface area contributed by atoms with Gasteiger partial charge in [0.2, 0.25) is 0 Å². The number of hydrogen-bond donors (Lipinski definition) is 1. The third kappa shape index (κ3) is 4.27. The van der Waals surface area contributed by atoms with Crippen LogP contribution in [0.25, 0.3) is 6.08 Å². The van der Waals surface area contributed by atoms with Crippen molar-refractivity contribution in [1.82, 2.24) is 0 Å². The zero-order chi connectivity index (χ0) is 14.5. The van der Waals surface area contributed by atoms with Gasteiger partial charge in [0.25, 0.3) is 0 Å². The van der Waals surface area contributed by atoms with E-state index in [0.29, 0.717) is 16.3 Å². The van der Waals surface area contributed by atoms with E-state index >= 15 is 0 Å². The highest BCUT2D eigenvalue weighted by Crippen LogP contribution is 2.30. The van der Waals surface area contributed by atoms with Crippen LogP contribution in [0, 0.1) is 5.92 Å². The molecule has 0 aliphatic heterocycles. The highest BCUT2D eigenvalue weighted by molar-refractivity contribution is 6.30. The van der Waals surface area contributed by atoms with Crippen LogP contribution in [0.3, 0.4) is 0 Å². The normalized spacial score (nSPS) is 22.9. The maximum atomic E-state index is 10.6. The first-order valence-corrected chi connectivity index (χ1v) is 7.29. The van der Waals surface area contributed by atoms with E-state index in [4.69, 9.17) is 21.4 Å². The lowest BCUT2D eigenvalue weighted by Crippen LogP contribution is -2.23. The highest BCUT2D eigenvalue weighted by atomic mass is 35.5. The molecule has 1 aliphatic rings. The fraction of sp³-hybridized carbons (Fsp3) is 0.438. The van der Waals surface area contributed by atoms with Crippen LogP contribution in [0.2, 0.25) is 5.02 Å². The molecular formula is C16H19ClO3. The summed E-state index contributed by atoms with van der Waals surface area (Å²) >= 11 is 5.96. The molecular weight excluding hydrogens is 276 g/mol. The maximum absolute atomic E-state index is 10.6. The number of ether oxygens (including phenoxy) is 1. The molecule has 3 nitrogen and oxygen atoms in total. The van der Waals surface area contributed by atoms with Crippen molar-refractivity contribution in [3.63, 3.8) is 0 Å². The van der Waals surface area contributed by atoms with E-state index in [1.807, 2.05) is 6.07 Å². The second-order valence-electron chi connectivity index (χ2n) is 5.35. The molecule has 4 heteroatoms. The van der Waals surface area contributed by atoms with Crippen molar-refractivity contribution in [2.75, 3.05) is 0 Å². The van der Waals surface area contributed by atoms with E-state index < -0.39 is 5.97 Å². The minimum absolute atomic E-state index is 0.212. The van der Waals surface area contributed by atoms with Crippen LogP contribution in [-0.2, 0) is 4.79 Å². The Bertz CT molecular complexity index is 502. The summed E-state index contributed by atoms with van der Waals surface area (Å²) in [5, 5.41) is 9.29. The molecule has 1 fully saturated rings. The Morgan fingerprint density at radius 2 is 2.05 bits per heavy atom. The number of benzene rings is 1. The fourth-order valence-electron chi connectivity index (χ4n) is 2.44. The average Bonchev–Trinajstić information content (AvgIpc) is 2.41. The number of aliphatic carboxylic acids is 1. The van der Waals surface area contributed by atoms with Crippen molar-refractivity contribution < 1.29 is 14.6 Å². The lowest BCUT2D eigenvalue weighted by Gasteiger charge is -2.27. The van der Waals surface area contributed by atoms with Gasteiger partial charge in [-0.05, 0) is 55.9 Å². The molecule has 0 bridgehead atoms. The quantitative estimate of drug-likeness (QED) is 0.838. The third-order valence-electron chi connectivity index (χ3n) is 3.63.